The van der Waals surface area contributed by atoms with E-state index in [4.69, 9.17) is 16.6 Å². The number of hydrogen-bond acceptors (Lipinski definition) is 7. The summed E-state index contributed by atoms with van der Waals surface area (Å²) in [6.45, 7) is 8.83. The van der Waals surface area contributed by atoms with E-state index in [1.165, 1.54) is 0 Å². The highest BCUT2D eigenvalue weighted by Crippen LogP contribution is 2.14. The van der Waals surface area contributed by atoms with Crippen LogP contribution in [-0.4, -0.2) is 70.1 Å². The van der Waals surface area contributed by atoms with Crippen molar-refractivity contribution in [2.75, 3.05) is 25.0 Å². The van der Waals surface area contributed by atoms with E-state index in [0.717, 1.165) is 23.3 Å². The van der Waals surface area contributed by atoms with E-state index < -0.39 is 23.9 Å². The molecule has 0 radical (unpaired) electrons. The second-order valence-electron chi connectivity index (χ2n) is 9.26. The van der Waals surface area contributed by atoms with Crippen LogP contribution in [0.1, 0.15) is 54.9 Å². The number of rotatable bonds is 10. The largest absolute Gasteiger partial charge is 0.481 e. The molecule has 230 valence electrons. The molecular weight excluding hydrogens is 554 g/mol. The van der Waals surface area contributed by atoms with Crippen molar-refractivity contribution in [3.8, 4) is 12.3 Å². The Hall–Kier alpha value is -5.18. The van der Waals surface area contributed by atoms with Crippen molar-refractivity contribution in [1.82, 2.24) is 20.6 Å². The average Bonchev–Trinajstić information content (AvgIpc) is 2.97. The normalized spacial score (nSPS) is 10.5. The van der Waals surface area contributed by atoms with Gasteiger partial charge in [0.25, 0.3) is 11.5 Å². The second-order valence-corrected chi connectivity index (χ2v) is 9.26. The lowest BCUT2D eigenvalue weighted by Crippen LogP contribution is -2.40. The highest BCUT2D eigenvalue weighted by molar-refractivity contribution is 5.94. The minimum atomic E-state index is -1.21. The number of carbonyl (C=O) groups excluding carboxylic acids is 2. The minimum absolute atomic E-state index is 0.0671. The van der Waals surface area contributed by atoms with Gasteiger partial charge in [-0.1, -0.05) is 18.9 Å². The standard InChI is InChI=1S/C13H16N2O.C10H10N2O.C8H13NO5/c1-4-10-15(5-2)12-8-6-11(7-9-12)13(16)14-3;1-6-3-4-8-9(5-6)11-7(2)12-10(8)13;1-2-6(10)9-5(8(13)14)3-4-7(11)12/h1,6-9H,5,10H2,2-3H3,(H,14,16);3-5H,1-2H3,(H,11,12,13);5H,2-4H2,1H3,(H,9,10)(H,11,12)(H,13,14). The fourth-order valence-electron chi connectivity index (χ4n) is 3.65. The van der Waals surface area contributed by atoms with Gasteiger partial charge >= 0.3 is 11.9 Å². The quantitative estimate of drug-likeness (QED) is 0.221. The maximum atomic E-state index is 11.4. The van der Waals surface area contributed by atoms with Crippen LogP contribution in [0.4, 0.5) is 5.69 Å². The summed E-state index contributed by atoms with van der Waals surface area (Å²) < 4.78 is 0. The predicted octanol–water partition coefficient (Wildman–Crippen LogP) is 2.88. The van der Waals surface area contributed by atoms with Gasteiger partial charge in [-0.25, -0.2) is 9.78 Å². The number of aromatic amines is 1. The number of terminal acetylenes is 1. The van der Waals surface area contributed by atoms with Gasteiger partial charge in [-0.2, -0.15) is 0 Å². The maximum Gasteiger partial charge on any atom is 0.326 e. The first-order chi connectivity index (χ1) is 20.4. The molecule has 0 spiro atoms. The Balaban J connectivity index is 0.000000324. The molecule has 0 fully saturated rings. The third-order valence-corrected chi connectivity index (χ3v) is 5.97. The molecule has 12 nitrogen and oxygen atoms in total. The van der Waals surface area contributed by atoms with Crippen LogP contribution in [0.25, 0.3) is 10.9 Å². The number of aryl methyl sites for hydroxylation is 2. The third-order valence-electron chi connectivity index (χ3n) is 5.97. The molecule has 1 atom stereocenters. The van der Waals surface area contributed by atoms with Gasteiger partial charge in [0.1, 0.15) is 11.9 Å². The van der Waals surface area contributed by atoms with E-state index in [-0.39, 0.29) is 30.7 Å². The average molecular weight is 594 g/mol. The fourth-order valence-corrected chi connectivity index (χ4v) is 3.65. The van der Waals surface area contributed by atoms with Gasteiger partial charge in [-0.15, -0.1) is 6.42 Å². The number of anilines is 1. The van der Waals surface area contributed by atoms with Gasteiger partial charge in [0, 0.05) is 37.7 Å². The summed E-state index contributed by atoms with van der Waals surface area (Å²) in [4.78, 5) is 63.3. The molecule has 1 aromatic heterocycles. The number of carboxylic acid groups (broad SMARTS) is 2. The topological polar surface area (TPSA) is 182 Å². The van der Waals surface area contributed by atoms with Crippen molar-refractivity contribution in [3.05, 3.63) is 69.8 Å². The summed E-state index contributed by atoms with van der Waals surface area (Å²) in [5.41, 5.74) is 3.50. The van der Waals surface area contributed by atoms with E-state index in [9.17, 15) is 24.0 Å². The molecule has 2 amide bonds. The minimum Gasteiger partial charge on any atom is -0.481 e. The summed E-state index contributed by atoms with van der Waals surface area (Å²) in [6, 6.07) is 11.9. The molecule has 0 bridgehead atoms. The number of aromatic nitrogens is 2. The summed E-state index contributed by atoms with van der Waals surface area (Å²) in [6.07, 6.45) is 5.09. The third kappa shape index (κ3) is 12.5. The van der Waals surface area contributed by atoms with Gasteiger partial charge in [-0.05, 0) is 69.2 Å². The van der Waals surface area contributed by atoms with E-state index in [0.29, 0.717) is 23.3 Å². The molecular formula is C31H39N5O7. The fraction of sp³-hybridized carbons (Fsp3) is 0.355. The zero-order chi connectivity index (χ0) is 32.5. The van der Waals surface area contributed by atoms with Gasteiger partial charge in [0.05, 0.1) is 17.4 Å². The lowest BCUT2D eigenvalue weighted by atomic mass is 10.1. The number of nitrogens with one attached hydrogen (secondary N) is 3. The Bertz CT molecular complexity index is 1490. The van der Waals surface area contributed by atoms with Crippen molar-refractivity contribution in [3.63, 3.8) is 0 Å². The van der Waals surface area contributed by atoms with Crippen LogP contribution in [-0.2, 0) is 14.4 Å². The van der Waals surface area contributed by atoms with Gasteiger partial charge in [-0.3, -0.25) is 19.2 Å². The van der Waals surface area contributed by atoms with E-state index >= 15 is 0 Å². The number of carbonyl (C=O) groups is 4. The molecule has 43 heavy (non-hydrogen) atoms. The van der Waals surface area contributed by atoms with Crippen molar-refractivity contribution < 1.29 is 29.4 Å². The highest BCUT2D eigenvalue weighted by Gasteiger charge is 2.19. The van der Waals surface area contributed by atoms with Gasteiger partial charge < -0.3 is 30.7 Å². The number of amides is 2. The highest BCUT2D eigenvalue weighted by atomic mass is 16.4. The lowest BCUT2D eigenvalue weighted by molar-refractivity contribution is -0.143. The molecule has 1 heterocycles. The number of nitrogens with zero attached hydrogens (tertiary/aromatic N) is 2. The number of H-pyrrole nitrogens is 1. The molecule has 0 saturated carbocycles. The van der Waals surface area contributed by atoms with Crippen LogP contribution >= 0.6 is 0 Å². The summed E-state index contributed by atoms with van der Waals surface area (Å²) in [5.74, 6) is 0.494. The predicted molar refractivity (Wildman–Crippen MR) is 165 cm³/mol. The Labute approximate surface area is 250 Å². The van der Waals surface area contributed by atoms with Crippen LogP contribution < -0.4 is 21.1 Å². The maximum absolute atomic E-state index is 11.4. The molecule has 0 aliphatic carbocycles. The molecule has 12 heteroatoms. The lowest BCUT2D eigenvalue weighted by Gasteiger charge is -2.20. The Morgan fingerprint density at radius 2 is 1.72 bits per heavy atom. The summed E-state index contributed by atoms with van der Waals surface area (Å²) >= 11 is 0. The number of aliphatic carboxylic acids is 2. The summed E-state index contributed by atoms with van der Waals surface area (Å²) in [5, 5.41) is 22.4. The van der Waals surface area contributed by atoms with Crippen LogP contribution in [0.15, 0.2) is 47.3 Å². The zero-order valence-corrected chi connectivity index (χ0v) is 25.1. The molecule has 0 saturated heterocycles. The molecule has 1 unspecified atom stereocenters. The SMILES string of the molecule is C#CCN(CC)c1ccc(C(=O)NC)cc1.CCC(=O)NC(CCC(=O)O)C(=O)O.Cc1ccc2c(=O)[nH]c(C)nc2c1. The van der Waals surface area contributed by atoms with E-state index in [1.54, 1.807) is 39.1 Å². The van der Waals surface area contributed by atoms with Crippen LogP contribution in [0, 0.1) is 26.2 Å². The molecule has 2 aromatic carbocycles. The summed E-state index contributed by atoms with van der Waals surface area (Å²) in [7, 11) is 1.62. The van der Waals surface area contributed by atoms with Crippen LogP contribution in [0.5, 0.6) is 0 Å². The number of carboxylic acids is 2. The first-order valence-electron chi connectivity index (χ1n) is 13.6. The Morgan fingerprint density at radius 1 is 1.07 bits per heavy atom. The molecule has 3 rings (SSSR count). The zero-order valence-electron chi connectivity index (χ0n) is 25.1. The Kier molecular flexibility index (Phi) is 15.2. The van der Waals surface area contributed by atoms with E-state index in [2.05, 4.69) is 31.4 Å². The second kappa shape index (κ2) is 18.3. The van der Waals surface area contributed by atoms with Crippen LogP contribution in [0.2, 0.25) is 0 Å². The smallest absolute Gasteiger partial charge is 0.326 e. The van der Waals surface area contributed by atoms with Gasteiger partial charge in [0.2, 0.25) is 5.91 Å². The monoisotopic (exact) mass is 593 g/mol. The Morgan fingerprint density at radius 3 is 2.23 bits per heavy atom. The molecule has 5 N–H and O–H groups in total. The van der Waals surface area contributed by atoms with Crippen molar-refractivity contribution in [2.45, 2.75) is 53.0 Å². The van der Waals surface area contributed by atoms with Crippen LogP contribution in [0.3, 0.4) is 0 Å². The molecule has 0 aliphatic heterocycles. The van der Waals surface area contributed by atoms with Gasteiger partial charge in [0.15, 0.2) is 0 Å². The number of benzene rings is 2. The van der Waals surface area contributed by atoms with E-state index in [1.807, 2.05) is 38.1 Å². The molecule has 0 aliphatic rings. The van der Waals surface area contributed by atoms with Crippen molar-refractivity contribution in [2.24, 2.45) is 0 Å². The number of fused-ring (bicyclic) bond motifs is 1. The first kappa shape index (κ1) is 35.8. The van der Waals surface area contributed by atoms with Crippen molar-refractivity contribution in [1.29, 1.82) is 0 Å². The molecule has 3 aromatic rings. The first-order valence-corrected chi connectivity index (χ1v) is 13.6. The van der Waals surface area contributed by atoms with Crippen molar-refractivity contribution >= 4 is 40.3 Å². The number of hydrogen-bond donors (Lipinski definition) is 5.